The number of nitrogens with one attached hydrogen (secondary N) is 1. The quantitative estimate of drug-likeness (QED) is 0.621. The molecule has 0 amide bonds. The van der Waals surface area contributed by atoms with Crippen LogP contribution in [0.3, 0.4) is 0 Å². The van der Waals surface area contributed by atoms with Crippen molar-refractivity contribution in [2.24, 2.45) is 5.92 Å². The number of rotatable bonds is 7. The summed E-state index contributed by atoms with van der Waals surface area (Å²) in [6, 6.07) is 12.6. The van der Waals surface area contributed by atoms with Crippen molar-refractivity contribution < 1.29 is 9.90 Å². The Balaban J connectivity index is 1.37. The molecule has 0 spiro atoms. The van der Waals surface area contributed by atoms with E-state index in [-0.39, 0.29) is 5.92 Å². The molecule has 1 aromatic carbocycles. The molecule has 0 saturated carbocycles. The van der Waals surface area contributed by atoms with E-state index < -0.39 is 5.97 Å². The maximum Gasteiger partial charge on any atom is 0.306 e. The summed E-state index contributed by atoms with van der Waals surface area (Å²) in [5.41, 5.74) is 3.66. The molecule has 0 radical (unpaired) electrons. The van der Waals surface area contributed by atoms with Gasteiger partial charge >= 0.3 is 5.97 Å². The zero-order valence-corrected chi connectivity index (χ0v) is 17.2. The largest absolute Gasteiger partial charge is 0.481 e. The number of aromatic nitrogens is 3. The number of hydrogen-bond donors (Lipinski definition) is 2. The Morgan fingerprint density at radius 2 is 1.86 bits per heavy atom. The molecule has 7 nitrogen and oxygen atoms in total. The molecular formula is C21H25N5O2S. The summed E-state index contributed by atoms with van der Waals surface area (Å²) >= 11 is 1.54. The van der Waals surface area contributed by atoms with Crippen LogP contribution in [0.5, 0.6) is 0 Å². The fourth-order valence-electron chi connectivity index (χ4n) is 3.54. The number of benzene rings is 1. The van der Waals surface area contributed by atoms with Crippen LogP contribution in [-0.2, 0) is 17.9 Å². The second-order valence-electron chi connectivity index (χ2n) is 7.43. The molecule has 0 bridgehead atoms. The summed E-state index contributed by atoms with van der Waals surface area (Å²) in [7, 11) is 0. The van der Waals surface area contributed by atoms with E-state index in [4.69, 9.17) is 5.11 Å². The molecular weight excluding hydrogens is 386 g/mol. The summed E-state index contributed by atoms with van der Waals surface area (Å²) in [5.74, 6) is -0.938. The minimum Gasteiger partial charge on any atom is -0.481 e. The van der Waals surface area contributed by atoms with Gasteiger partial charge in [0.15, 0.2) is 0 Å². The monoisotopic (exact) mass is 411 g/mol. The number of carboxylic acid groups (broad SMARTS) is 1. The van der Waals surface area contributed by atoms with Crippen molar-refractivity contribution in [2.45, 2.75) is 32.9 Å². The van der Waals surface area contributed by atoms with E-state index in [0.717, 1.165) is 29.0 Å². The van der Waals surface area contributed by atoms with Crippen molar-refractivity contribution in [1.29, 1.82) is 0 Å². The highest BCUT2D eigenvalue weighted by Gasteiger charge is 2.26. The second-order valence-corrected chi connectivity index (χ2v) is 8.36. The first kappa shape index (κ1) is 19.6. The number of carboxylic acids is 1. The van der Waals surface area contributed by atoms with Gasteiger partial charge in [-0.05, 0) is 37.5 Å². The second kappa shape index (κ2) is 8.75. The number of aryl methyl sites for hydroxylation is 1. The Morgan fingerprint density at radius 1 is 1.14 bits per heavy atom. The van der Waals surface area contributed by atoms with E-state index in [1.54, 1.807) is 11.3 Å². The van der Waals surface area contributed by atoms with Crippen LogP contribution < -0.4 is 10.2 Å². The topological polar surface area (TPSA) is 83.3 Å². The highest BCUT2D eigenvalue weighted by molar-refractivity contribution is 7.17. The molecule has 4 rings (SSSR count). The number of nitrogens with zero attached hydrogens (tertiary/aromatic N) is 4. The van der Waals surface area contributed by atoms with E-state index in [0.29, 0.717) is 25.9 Å². The molecule has 3 heterocycles. The molecule has 2 aromatic heterocycles. The van der Waals surface area contributed by atoms with E-state index in [1.807, 2.05) is 12.3 Å². The summed E-state index contributed by atoms with van der Waals surface area (Å²) in [6.07, 6.45) is 3.31. The van der Waals surface area contributed by atoms with E-state index in [9.17, 15) is 4.79 Å². The molecule has 0 atom stereocenters. The number of hydrogen-bond acceptors (Lipinski definition) is 6. The Morgan fingerprint density at radius 3 is 2.59 bits per heavy atom. The van der Waals surface area contributed by atoms with Crippen molar-refractivity contribution in [1.82, 2.24) is 20.1 Å². The van der Waals surface area contributed by atoms with E-state index >= 15 is 0 Å². The van der Waals surface area contributed by atoms with Gasteiger partial charge < -0.3 is 15.3 Å². The molecule has 2 N–H and O–H groups in total. The highest BCUT2D eigenvalue weighted by Crippen LogP contribution is 2.28. The average Bonchev–Trinajstić information content (AvgIpc) is 3.39. The van der Waals surface area contributed by atoms with Crippen molar-refractivity contribution in [2.75, 3.05) is 18.0 Å². The Labute approximate surface area is 174 Å². The predicted molar refractivity (Wildman–Crippen MR) is 114 cm³/mol. The van der Waals surface area contributed by atoms with Gasteiger partial charge in [0, 0.05) is 38.1 Å². The number of anilines is 1. The maximum atomic E-state index is 11.1. The minimum absolute atomic E-state index is 0.241. The first-order chi connectivity index (χ1) is 14.1. The molecule has 29 heavy (non-hydrogen) atoms. The van der Waals surface area contributed by atoms with Gasteiger partial charge in [0.05, 0.1) is 5.92 Å². The number of aliphatic carboxylic acids is 1. The third-order valence-electron chi connectivity index (χ3n) is 5.31. The normalized spacial score (nSPS) is 15.0. The summed E-state index contributed by atoms with van der Waals surface area (Å²) in [6.45, 7) is 5.06. The summed E-state index contributed by atoms with van der Waals surface area (Å²) in [5, 5.41) is 23.1. The lowest BCUT2D eigenvalue weighted by atomic mass is 9.98. The first-order valence-electron chi connectivity index (χ1n) is 9.84. The lowest BCUT2D eigenvalue weighted by molar-refractivity contribution is -0.142. The van der Waals surface area contributed by atoms with Crippen LogP contribution >= 0.6 is 11.3 Å². The Bertz CT molecular complexity index is 958. The Hall–Kier alpha value is -2.71. The molecule has 1 fully saturated rings. The third kappa shape index (κ3) is 4.65. The van der Waals surface area contributed by atoms with Gasteiger partial charge in [0.2, 0.25) is 10.3 Å². The van der Waals surface area contributed by atoms with Crippen LogP contribution in [0, 0.1) is 12.8 Å². The average molecular weight is 412 g/mol. The fraction of sp³-hybridized carbons (Fsp3) is 0.381. The van der Waals surface area contributed by atoms with Gasteiger partial charge in [-0.3, -0.25) is 9.36 Å². The van der Waals surface area contributed by atoms with Crippen molar-refractivity contribution in [3.8, 4) is 5.13 Å². The zero-order chi connectivity index (χ0) is 20.2. The minimum atomic E-state index is -0.697. The van der Waals surface area contributed by atoms with Gasteiger partial charge in [-0.1, -0.05) is 41.2 Å². The Kier molecular flexibility index (Phi) is 5.92. The summed E-state index contributed by atoms with van der Waals surface area (Å²) in [4.78, 5) is 13.3. The number of carbonyl (C=O) groups is 1. The van der Waals surface area contributed by atoms with Gasteiger partial charge in [-0.25, -0.2) is 0 Å². The van der Waals surface area contributed by atoms with Crippen LogP contribution in [-0.4, -0.2) is 38.9 Å². The molecule has 0 unspecified atom stereocenters. The van der Waals surface area contributed by atoms with Crippen LogP contribution in [0.1, 0.15) is 29.7 Å². The first-order valence-corrected chi connectivity index (χ1v) is 10.7. The smallest absolute Gasteiger partial charge is 0.306 e. The lowest BCUT2D eigenvalue weighted by Gasteiger charge is -2.29. The molecule has 0 aliphatic carbocycles. The van der Waals surface area contributed by atoms with Crippen molar-refractivity contribution in [3.63, 3.8) is 0 Å². The summed E-state index contributed by atoms with van der Waals surface area (Å²) < 4.78 is 2.06. The van der Waals surface area contributed by atoms with Crippen LogP contribution in [0.25, 0.3) is 5.13 Å². The molecule has 3 aromatic rings. The van der Waals surface area contributed by atoms with E-state index in [1.165, 1.54) is 11.1 Å². The molecule has 152 valence electrons. The predicted octanol–water partition coefficient (Wildman–Crippen LogP) is 3.23. The fourth-order valence-corrected chi connectivity index (χ4v) is 4.45. The maximum absolute atomic E-state index is 11.1. The van der Waals surface area contributed by atoms with Crippen molar-refractivity contribution >= 4 is 22.4 Å². The van der Waals surface area contributed by atoms with Gasteiger partial charge in [0.1, 0.15) is 0 Å². The van der Waals surface area contributed by atoms with Crippen LogP contribution in [0.2, 0.25) is 0 Å². The molecule has 1 aliphatic rings. The molecule has 1 aliphatic heterocycles. The standard InChI is InChI=1S/C21H25N5O2S/c1-15-4-6-16(7-5-15)13-22-14-18-3-2-10-26(18)21-24-23-20(29-21)25-11-8-17(9-12-25)19(27)28/h2-7,10,17,22H,8-9,11-14H2,1H3,(H,27,28). The molecule has 1 saturated heterocycles. The number of piperidine rings is 1. The highest BCUT2D eigenvalue weighted by atomic mass is 32.1. The van der Waals surface area contributed by atoms with Crippen LogP contribution in [0.4, 0.5) is 5.13 Å². The SMILES string of the molecule is Cc1ccc(CNCc2cccn2-c2nnc(N3CCC(C(=O)O)CC3)s2)cc1. The van der Waals surface area contributed by atoms with Crippen molar-refractivity contribution in [3.05, 3.63) is 59.4 Å². The van der Waals surface area contributed by atoms with Gasteiger partial charge in [-0.15, -0.1) is 10.2 Å². The van der Waals surface area contributed by atoms with Gasteiger partial charge in [-0.2, -0.15) is 0 Å². The zero-order valence-electron chi connectivity index (χ0n) is 16.4. The van der Waals surface area contributed by atoms with Gasteiger partial charge in [0.25, 0.3) is 0 Å². The third-order valence-corrected chi connectivity index (χ3v) is 6.30. The van der Waals surface area contributed by atoms with E-state index in [2.05, 4.69) is 62.2 Å². The molecule has 8 heteroatoms. The van der Waals surface area contributed by atoms with Crippen LogP contribution in [0.15, 0.2) is 42.6 Å². The lowest BCUT2D eigenvalue weighted by Crippen LogP contribution is -2.36.